The van der Waals surface area contributed by atoms with Crippen LogP contribution in [0.1, 0.15) is 11.4 Å². The Morgan fingerprint density at radius 3 is 2.80 bits per heavy atom. The van der Waals surface area contributed by atoms with Crippen molar-refractivity contribution in [3.05, 3.63) is 73.0 Å². The summed E-state index contributed by atoms with van der Waals surface area (Å²) in [5.41, 5.74) is 15.0. The maximum atomic E-state index is 5.80. The van der Waals surface area contributed by atoms with Crippen molar-refractivity contribution in [2.75, 3.05) is 25.5 Å². The summed E-state index contributed by atoms with van der Waals surface area (Å²) in [4.78, 5) is 13.5. The smallest absolute Gasteiger partial charge is 0.180 e. The topological polar surface area (TPSA) is 101 Å². The fourth-order valence-electron chi connectivity index (χ4n) is 3.59. The van der Waals surface area contributed by atoms with Crippen LogP contribution in [0.4, 0.5) is 11.5 Å². The van der Waals surface area contributed by atoms with E-state index in [1.54, 1.807) is 12.5 Å². The van der Waals surface area contributed by atoms with Gasteiger partial charge < -0.3 is 20.6 Å². The lowest BCUT2D eigenvalue weighted by atomic mass is 10.2. The molecule has 9 heteroatoms. The minimum absolute atomic E-state index is 0.536. The summed E-state index contributed by atoms with van der Waals surface area (Å²) in [6, 6.07) is 8.11. The lowest BCUT2D eigenvalue weighted by molar-refractivity contribution is 0.374. The molecule has 0 amide bonds. The standard InChI is InChI=1S/C21H23N9/c1-28-12-15(10-25-28)19-11-24-21-20(27-17(6-7-22)13-30(19)21)26-16-2-4-18(5-3-16)29-9-8-23-14-29/h2-5,8-9,11-14,25H,6-7,10,22H2,1H3,(H,26,27). The molecule has 0 bridgehead atoms. The highest BCUT2D eigenvalue weighted by Crippen LogP contribution is 2.25. The van der Waals surface area contributed by atoms with Crippen molar-refractivity contribution in [2.24, 2.45) is 5.73 Å². The van der Waals surface area contributed by atoms with Crippen LogP contribution in [-0.2, 0) is 6.42 Å². The van der Waals surface area contributed by atoms with Gasteiger partial charge in [0.25, 0.3) is 0 Å². The van der Waals surface area contributed by atoms with Gasteiger partial charge in [0.2, 0.25) is 0 Å². The minimum Gasteiger partial charge on any atom is -0.337 e. The number of nitrogens with zero attached hydrogens (tertiary/aromatic N) is 6. The molecule has 5 rings (SSSR count). The summed E-state index contributed by atoms with van der Waals surface area (Å²) in [6.45, 7) is 1.30. The third-order valence-corrected chi connectivity index (χ3v) is 5.07. The summed E-state index contributed by atoms with van der Waals surface area (Å²) in [7, 11) is 1.98. The lowest BCUT2D eigenvalue weighted by Gasteiger charge is -2.11. The third-order valence-electron chi connectivity index (χ3n) is 5.07. The van der Waals surface area contributed by atoms with Crippen molar-refractivity contribution in [2.45, 2.75) is 6.42 Å². The van der Waals surface area contributed by atoms with Gasteiger partial charge in [0, 0.05) is 61.8 Å². The second-order valence-electron chi connectivity index (χ2n) is 7.20. The Kier molecular flexibility index (Phi) is 4.66. The third kappa shape index (κ3) is 3.40. The molecule has 4 aromatic rings. The number of anilines is 2. The molecule has 0 radical (unpaired) electrons. The fourth-order valence-corrected chi connectivity index (χ4v) is 3.59. The molecule has 1 aromatic carbocycles. The molecule has 0 aliphatic carbocycles. The van der Waals surface area contributed by atoms with E-state index < -0.39 is 0 Å². The number of benzene rings is 1. The molecule has 4 N–H and O–H groups in total. The highest BCUT2D eigenvalue weighted by atomic mass is 15.5. The molecule has 4 heterocycles. The molecule has 0 saturated heterocycles. The number of imidazole rings is 2. The van der Waals surface area contributed by atoms with Gasteiger partial charge in [0.05, 0.1) is 23.9 Å². The Morgan fingerprint density at radius 2 is 2.10 bits per heavy atom. The van der Waals surface area contributed by atoms with Gasteiger partial charge in [-0.05, 0) is 30.8 Å². The predicted octanol–water partition coefficient (Wildman–Crippen LogP) is 1.95. The van der Waals surface area contributed by atoms with E-state index in [4.69, 9.17) is 10.7 Å². The highest BCUT2D eigenvalue weighted by molar-refractivity contribution is 5.75. The fraction of sp³-hybridized carbons (Fsp3) is 0.190. The summed E-state index contributed by atoms with van der Waals surface area (Å²) >= 11 is 0. The Bertz CT molecular complexity index is 1190. The summed E-state index contributed by atoms with van der Waals surface area (Å²) in [5.74, 6) is 0.711. The van der Waals surface area contributed by atoms with E-state index >= 15 is 0 Å². The summed E-state index contributed by atoms with van der Waals surface area (Å²) in [5, 5.41) is 5.38. The first-order valence-corrected chi connectivity index (χ1v) is 9.81. The van der Waals surface area contributed by atoms with Gasteiger partial charge in [0.15, 0.2) is 11.5 Å². The quantitative estimate of drug-likeness (QED) is 0.454. The van der Waals surface area contributed by atoms with Crippen LogP contribution in [0.3, 0.4) is 0 Å². The van der Waals surface area contributed by atoms with Crippen molar-refractivity contribution < 1.29 is 0 Å². The summed E-state index contributed by atoms with van der Waals surface area (Å²) in [6.07, 6.45) is 12.1. The van der Waals surface area contributed by atoms with Crippen LogP contribution in [0.15, 0.2) is 61.6 Å². The number of rotatable bonds is 6. The van der Waals surface area contributed by atoms with Gasteiger partial charge in [0.1, 0.15) is 0 Å². The molecule has 1 aliphatic rings. The predicted molar refractivity (Wildman–Crippen MR) is 116 cm³/mol. The number of fused-ring (bicyclic) bond motifs is 1. The van der Waals surface area contributed by atoms with Crippen molar-refractivity contribution in [3.63, 3.8) is 0 Å². The van der Waals surface area contributed by atoms with Crippen LogP contribution in [-0.4, -0.2) is 49.1 Å². The van der Waals surface area contributed by atoms with Crippen LogP contribution in [0.25, 0.3) is 16.9 Å². The normalized spacial score (nSPS) is 13.8. The zero-order chi connectivity index (χ0) is 20.5. The monoisotopic (exact) mass is 401 g/mol. The van der Waals surface area contributed by atoms with Gasteiger partial charge >= 0.3 is 0 Å². The van der Waals surface area contributed by atoms with Gasteiger partial charge in [-0.1, -0.05) is 0 Å². The van der Waals surface area contributed by atoms with Crippen molar-refractivity contribution in [3.8, 4) is 5.69 Å². The van der Waals surface area contributed by atoms with E-state index in [-0.39, 0.29) is 0 Å². The average molecular weight is 401 g/mol. The molecule has 1 aliphatic heterocycles. The minimum atomic E-state index is 0.536. The first-order valence-electron chi connectivity index (χ1n) is 9.81. The largest absolute Gasteiger partial charge is 0.337 e. The van der Waals surface area contributed by atoms with Crippen molar-refractivity contribution >= 4 is 22.7 Å². The Hall–Kier alpha value is -3.69. The van der Waals surface area contributed by atoms with E-state index in [1.807, 2.05) is 59.5 Å². The lowest BCUT2D eigenvalue weighted by Crippen LogP contribution is -2.23. The molecular formula is C21H23N9. The number of nitrogens with one attached hydrogen (secondary N) is 2. The average Bonchev–Trinajstić information content (AvgIpc) is 3.49. The molecule has 0 spiro atoms. The Labute approximate surface area is 173 Å². The van der Waals surface area contributed by atoms with Gasteiger partial charge in [-0.3, -0.25) is 4.40 Å². The first kappa shape index (κ1) is 18.3. The van der Waals surface area contributed by atoms with Crippen LogP contribution >= 0.6 is 0 Å². The molecule has 152 valence electrons. The second kappa shape index (κ2) is 7.62. The molecule has 0 atom stereocenters. The molecule has 0 unspecified atom stereocenters. The summed E-state index contributed by atoms with van der Waals surface area (Å²) < 4.78 is 4.05. The number of hydrazine groups is 1. The van der Waals surface area contributed by atoms with Crippen LogP contribution < -0.4 is 16.5 Å². The van der Waals surface area contributed by atoms with Crippen molar-refractivity contribution in [1.29, 1.82) is 0 Å². The molecule has 0 fully saturated rings. The first-order chi connectivity index (χ1) is 14.7. The van der Waals surface area contributed by atoms with Gasteiger partial charge in [-0.15, -0.1) is 0 Å². The van der Waals surface area contributed by atoms with Crippen molar-refractivity contribution in [1.82, 2.24) is 34.4 Å². The number of hydrogen-bond donors (Lipinski definition) is 3. The number of aromatic nitrogens is 5. The van der Waals surface area contributed by atoms with Crippen LogP contribution in [0.5, 0.6) is 0 Å². The van der Waals surface area contributed by atoms with E-state index in [0.717, 1.165) is 35.0 Å². The van der Waals surface area contributed by atoms with Crippen LogP contribution in [0, 0.1) is 0 Å². The van der Waals surface area contributed by atoms with E-state index in [2.05, 4.69) is 31.3 Å². The molecule has 30 heavy (non-hydrogen) atoms. The van der Waals surface area contributed by atoms with E-state index in [1.165, 1.54) is 5.57 Å². The molecule has 0 saturated carbocycles. The number of nitrogens with two attached hydrogens (primary N) is 1. The van der Waals surface area contributed by atoms with Crippen LogP contribution in [0.2, 0.25) is 0 Å². The maximum absolute atomic E-state index is 5.80. The molecule has 9 nitrogen and oxygen atoms in total. The Morgan fingerprint density at radius 1 is 1.23 bits per heavy atom. The zero-order valence-corrected chi connectivity index (χ0v) is 16.7. The van der Waals surface area contributed by atoms with E-state index in [0.29, 0.717) is 18.8 Å². The second-order valence-corrected chi connectivity index (χ2v) is 7.20. The van der Waals surface area contributed by atoms with E-state index in [9.17, 15) is 0 Å². The van der Waals surface area contributed by atoms with Gasteiger partial charge in [-0.2, -0.15) is 0 Å². The molecular weight excluding hydrogens is 378 g/mol. The number of hydrogen-bond acceptors (Lipinski definition) is 7. The maximum Gasteiger partial charge on any atom is 0.180 e. The highest BCUT2D eigenvalue weighted by Gasteiger charge is 2.17. The molecule has 3 aromatic heterocycles. The zero-order valence-electron chi connectivity index (χ0n) is 16.7. The SMILES string of the molecule is CN1C=C(c2cnc3c(Nc4ccc(-n5ccnc5)cc4)nc(CCN)cn23)CN1. The van der Waals surface area contributed by atoms with Gasteiger partial charge in [-0.25, -0.2) is 20.4 Å². The Balaban J connectivity index is 1.51.